The average molecular weight is 280 g/mol. The number of likely N-dealkylation sites (N-methyl/N-ethyl adjacent to an activating group) is 1. The molecule has 0 saturated carbocycles. The number of carbonyl (C=O) groups is 3. The molecule has 1 aromatic carbocycles. The Hall–Kier alpha value is -2.44. The number of piperidine rings is 1. The van der Waals surface area contributed by atoms with Crippen molar-refractivity contribution in [3.05, 3.63) is 29.6 Å². The third-order valence-corrected chi connectivity index (χ3v) is 3.16. The van der Waals surface area contributed by atoms with Gasteiger partial charge in [0.15, 0.2) is 0 Å². The number of phenols is 1. The second kappa shape index (κ2) is 5.28. The highest BCUT2D eigenvalue weighted by molar-refractivity contribution is 6.04. The minimum atomic E-state index is -0.824. The van der Waals surface area contributed by atoms with Crippen molar-refractivity contribution in [3.63, 3.8) is 0 Å². The second-order valence-electron chi connectivity index (χ2n) is 4.52. The maximum atomic E-state index is 12.8. The van der Waals surface area contributed by atoms with Gasteiger partial charge in [-0.2, -0.15) is 0 Å². The maximum absolute atomic E-state index is 12.8. The molecule has 0 radical (unpaired) electrons. The number of nitrogens with zero attached hydrogens (tertiary/aromatic N) is 1. The number of aromatic hydroxyl groups is 1. The molecule has 6 nitrogen and oxygen atoms in total. The van der Waals surface area contributed by atoms with E-state index in [0.29, 0.717) is 0 Å². The predicted octanol–water partition coefficient (Wildman–Crippen LogP) is 0.408. The van der Waals surface area contributed by atoms with Crippen molar-refractivity contribution in [1.82, 2.24) is 10.2 Å². The van der Waals surface area contributed by atoms with Crippen molar-refractivity contribution in [1.29, 1.82) is 0 Å². The molecule has 3 amide bonds. The lowest BCUT2D eigenvalue weighted by Gasteiger charge is -2.28. The molecule has 1 saturated heterocycles. The molecule has 20 heavy (non-hydrogen) atoms. The van der Waals surface area contributed by atoms with Gasteiger partial charge in [0.2, 0.25) is 5.91 Å². The highest BCUT2D eigenvalue weighted by Gasteiger charge is 2.33. The summed E-state index contributed by atoms with van der Waals surface area (Å²) in [5.74, 6) is -2.67. The lowest BCUT2D eigenvalue weighted by molar-refractivity contribution is -0.147. The number of benzene rings is 1. The molecule has 0 aromatic heterocycles. The summed E-state index contributed by atoms with van der Waals surface area (Å²) in [6.07, 6.45) is 0.359. The third-order valence-electron chi connectivity index (χ3n) is 3.16. The molecule has 2 rings (SSSR count). The summed E-state index contributed by atoms with van der Waals surface area (Å²) < 4.78 is 12.8. The van der Waals surface area contributed by atoms with Crippen molar-refractivity contribution in [2.24, 2.45) is 0 Å². The first-order valence-corrected chi connectivity index (χ1v) is 6.00. The molecule has 7 heteroatoms. The fourth-order valence-corrected chi connectivity index (χ4v) is 1.98. The number of likely N-dealkylation sites (tertiary alicyclic amines) is 1. The summed E-state index contributed by atoms with van der Waals surface area (Å²) in [5.41, 5.74) is -0.126. The lowest BCUT2D eigenvalue weighted by Crippen LogP contribution is -2.52. The lowest BCUT2D eigenvalue weighted by atomic mass is 10.0. The first kappa shape index (κ1) is 14.0. The first-order chi connectivity index (χ1) is 9.40. The van der Waals surface area contributed by atoms with Crippen molar-refractivity contribution >= 4 is 17.7 Å². The van der Waals surface area contributed by atoms with Gasteiger partial charge in [-0.15, -0.1) is 0 Å². The maximum Gasteiger partial charge on any atom is 0.255 e. The summed E-state index contributed by atoms with van der Waals surface area (Å²) in [5, 5.41) is 11.9. The topological polar surface area (TPSA) is 86.7 Å². The number of halogens is 1. The number of nitrogens with one attached hydrogen (secondary N) is 1. The smallest absolute Gasteiger partial charge is 0.255 e. The molecule has 1 unspecified atom stereocenters. The number of rotatable bonds is 2. The van der Waals surface area contributed by atoms with Crippen molar-refractivity contribution in [2.45, 2.75) is 18.9 Å². The van der Waals surface area contributed by atoms with Crippen molar-refractivity contribution in [2.75, 3.05) is 7.05 Å². The van der Waals surface area contributed by atoms with Crippen LogP contribution in [-0.4, -0.2) is 40.8 Å². The Morgan fingerprint density at radius 1 is 1.45 bits per heavy atom. The van der Waals surface area contributed by atoms with Gasteiger partial charge in [-0.3, -0.25) is 19.3 Å². The van der Waals surface area contributed by atoms with E-state index in [4.69, 9.17) is 0 Å². The van der Waals surface area contributed by atoms with Crippen LogP contribution in [0.4, 0.5) is 4.39 Å². The van der Waals surface area contributed by atoms with Crippen LogP contribution in [0.2, 0.25) is 0 Å². The Morgan fingerprint density at radius 3 is 2.80 bits per heavy atom. The van der Waals surface area contributed by atoms with Gasteiger partial charge in [-0.1, -0.05) is 0 Å². The number of phenolic OH excluding ortho intramolecular Hbond substituents is 1. The van der Waals surface area contributed by atoms with Gasteiger partial charge in [-0.05, 0) is 18.6 Å². The summed E-state index contributed by atoms with van der Waals surface area (Å²) in [6, 6.07) is 2.15. The summed E-state index contributed by atoms with van der Waals surface area (Å²) in [7, 11) is 1.35. The van der Waals surface area contributed by atoms with Crippen LogP contribution in [0.25, 0.3) is 0 Å². The molecule has 2 N–H and O–H groups in total. The third kappa shape index (κ3) is 2.61. The number of hydrogen-bond donors (Lipinski definition) is 2. The SMILES string of the molecule is CN1C(=O)CCC(NC(=O)c2ccc(F)cc2O)C1=O. The van der Waals surface area contributed by atoms with Crippen LogP contribution >= 0.6 is 0 Å². The quantitative estimate of drug-likeness (QED) is 0.768. The van der Waals surface area contributed by atoms with Gasteiger partial charge in [0.1, 0.15) is 17.6 Å². The second-order valence-corrected chi connectivity index (χ2v) is 4.52. The Balaban J connectivity index is 2.12. The number of imide groups is 1. The minimum absolute atomic E-state index is 0.126. The monoisotopic (exact) mass is 280 g/mol. The zero-order valence-electron chi connectivity index (χ0n) is 10.7. The van der Waals surface area contributed by atoms with Gasteiger partial charge >= 0.3 is 0 Å². The average Bonchev–Trinajstić information content (AvgIpc) is 2.39. The van der Waals surface area contributed by atoms with E-state index < -0.39 is 29.4 Å². The molecule has 0 spiro atoms. The van der Waals surface area contributed by atoms with E-state index in [1.165, 1.54) is 7.05 Å². The molecule has 1 fully saturated rings. The zero-order valence-corrected chi connectivity index (χ0v) is 10.7. The molecule has 1 aliphatic heterocycles. The molecule has 1 aliphatic rings. The normalized spacial score (nSPS) is 19.1. The molecule has 1 aromatic rings. The number of carbonyl (C=O) groups excluding carboxylic acids is 3. The van der Waals surface area contributed by atoms with Crippen LogP contribution < -0.4 is 5.32 Å². The van der Waals surface area contributed by atoms with Gasteiger partial charge in [0.05, 0.1) is 5.56 Å². The Morgan fingerprint density at radius 2 is 2.15 bits per heavy atom. The highest BCUT2D eigenvalue weighted by atomic mass is 19.1. The van der Waals surface area contributed by atoms with Crippen LogP contribution in [-0.2, 0) is 9.59 Å². The van der Waals surface area contributed by atoms with Crippen molar-refractivity contribution < 1.29 is 23.9 Å². The number of amides is 3. The van der Waals surface area contributed by atoms with Crippen LogP contribution in [0, 0.1) is 5.82 Å². The molecule has 1 atom stereocenters. The first-order valence-electron chi connectivity index (χ1n) is 6.00. The fourth-order valence-electron chi connectivity index (χ4n) is 1.98. The molecular weight excluding hydrogens is 267 g/mol. The van der Waals surface area contributed by atoms with Gasteiger partial charge in [0, 0.05) is 19.5 Å². The minimum Gasteiger partial charge on any atom is -0.507 e. The van der Waals surface area contributed by atoms with E-state index in [1.54, 1.807) is 0 Å². The standard InChI is InChI=1S/C13H13FN2O4/c1-16-11(18)5-4-9(13(16)20)15-12(19)8-3-2-7(14)6-10(8)17/h2-3,6,9,17H,4-5H2,1H3,(H,15,19). The van der Waals surface area contributed by atoms with E-state index in [0.717, 1.165) is 23.1 Å². The van der Waals surface area contributed by atoms with Crippen molar-refractivity contribution in [3.8, 4) is 5.75 Å². The van der Waals surface area contributed by atoms with Crippen LogP contribution in [0.5, 0.6) is 5.75 Å². The molecular formula is C13H13FN2O4. The largest absolute Gasteiger partial charge is 0.507 e. The Kier molecular flexibility index (Phi) is 3.69. The predicted molar refractivity (Wildman–Crippen MR) is 66.3 cm³/mol. The Labute approximate surface area is 114 Å². The summed E-state index contributed by atoms with van der Waals surface area (Å²) in [6.45, 7) is 0. The van der Waals surface area contributed by atoms with Gasteiger partial charge in [0.25, 0.3) is 11.8 Å². The molecule has 0 aliphatic carbocycles. The van der Waals surface area contributed by atoms with E-state index in [1.807, 2.05) is 0 Å². The molecule has 1 heterocycles. The number of hydrogen-bond acceptors (Lipinski definition) is 4. The zero-order chi connectivity index (χ0) is 14.9. The van der Waals surface area contributed by atoms with Crippen LogP contribution in [0.3, 0.4) is 0 Å². The van der Waals surface area contributed by atoms with E-state index in [9.17, 15) is 23.9 Å². The Bertz CT molecular complexity index is 588. The van der Waals surface area contributed by atoms with E-state index >= 15 is 0 Å². The van der Waals surface area contributed by atoms with Crippen LogP contribution in [0.1, 0.15) is 23.2 Å². The molecule has 106 valence electrons. The van der Waals surface area contributed by atoms with Crippen LogP contribution in [0.15, 0.2) is 18.2 Å². The summed E-state index contributed by atoms with van der Waals surface area (Å²) in [4.78, 5) is 36.0. The molecule has 0 bridgehead atoms. The highest BCUT2D eigenvalue weighted by Crippen LogP contribution is 2.19. The van der Waals surface area contributed by atoms with Gasteiger partial charge in [-0.25, -0.2) is 4.39 Å². The van der Waals surface area contributed by atoms with Gasteiger partial charge < -0.3 is 10.4 Å². The van der Waals surface area contributed by atoms with E-state index in [-0.39, 0.29) is 24.3 Å². The summed E-state index contributed by atoms with van der Waals surface area (Å²) >= 11 is 0. The van der Waals surface area contributed by atoms with E-state index in [2.05, 4.69) is 5.32 Å². The fraction of sp³-hybridized carbons (Fsp3) is 0.308.